The number of benzene rings is 2. The zero-order chi connectivity index (χ0) is 82.1. The lowest BCUT2D eigenvalue weighted by Gasteiger charge is -2.49. The highest BCUT2D eigenvalue weighted by Gasteiger charge is 2.75. The van der Waals surface area contributed by atoms with E-state index in [9.17, 15) is 39.0 Å². The zero-order valence-corrected chi connectivity index (χ0v) is 72.1. The maximum absolute atomic E-state index is 14.4. The van der Waals surface area contributed by atoms with Gasteiger partial charge in [0.15, 0.2) is 0 Å². The molecule has 0 aromatic heterocycles. The number of aldehydes is 3. The molecule has 6 fully saturated rings. The first-order valence-electron chi connectivity index (χ1n) is 44.2. The molecule has 0 aliphatic heterocycles. The van der Waals surface area contributed by atoms with Crippen LogP contribution in [0.4, 0.5) is 0 Å². The molecule has 17 nitrogen and oxygen atoms in total. The largest absolute Gasteiger partial charge is 0.497 e. The van der Waals surface area contributed by atoms with Gasteiger partial charge in [0.05, 0.1) is 32.5 Å². The Hall–Kier alpha value is -5.56. The number of ether oxygens (including phenoxy) is 9. The van der Waals surface area contributed by atoms with Crippen LogP contribution >= 0.6 is 0 Å². The van der Waals surface area contributed by atoms with Crippen molar-refractivity contribution in [3.05, 3.63) is 94.6 Å². The number of hydrogen-bond donors (Lipinski definition) is 2. The fourth-order valence-electron chi connectivity index (χ4n) is 24.3. The minimum atomic E-state index is -1.05. The van der Waals surface area contributed by atoms with Crippen molar-refractivity contribution in [2.45, 2.75) is 269 Å². The summed E-state index contributed by atoms with van der Waals surface area (Å²) in [4.78, 5) is 81.5. The van der Waals surface area contributed by atoms with Gasteiger partial charge in [-0.3, -0.25) is 14.4 Å². The summed E-state index contributed by atoms with van der Waals surface area (Å²) in [5, 5.41) is 21.7. The summed E-state index contributed by atoms with van der Waals surface area (Å²) in [5.41, 5.74) is -0.523. The molecule has 0 radical (unpaired) electrons. The first kappa shape index (κ1) is 91.3. The average molecular weight is 1570 g/mol. The van der Waals surface area contributed by atoms with Gasteiger partial charge in [0.1, 0.15) is 59.8 Å². The summed E-state index contributed by atoms with van der Waals surface area (Å²) in [7, 11) is 6.80. The Morgan fingerprint density at radius 1 is 0.434 bits per heavy atom. The van der Waals surface area contributed by atoms with Crippen molar-refractivity contribution < 1.29 is 81.6 Å². The minimum Gasteiger partial charge on any atom is -0.497 e. The Morgan fingerprint density at radius 2 is 0.743 bits per heavy atom. The van der Waals surface area contributed by atoms with Gasteiger partial charge in [-0.1, -0.05) is 181 Å². The smallest absolute Gasteiger partial charge is 0.317 e. The number of unbranched alkanes of at least 4 members (excludes halogenated alkanes) is 6. The van der Waals surface area contributed by atoms with Crippen LogP contribution in [0.5, 0.6) is 11.5 Å². The maximum atomic E-state index is 14.4. The van der Waals surface area contributed by atoms with Crippen LogP contribution in [0.2, 0.25) is 0 Å². The molecule has 0 saturated heterocycles. The molecule has 0 amide bonds. The molecule has 113 heavy (non-hydrogen) atoms. The molecule has 2 N–H and O–H groups in total. The summed E-state index contributed by atoms with van der Waals surface area (Å²) in [6.45, 7) is 30.9. The average Bonchev–Trinajstić information content (AvgIpc) is 1.54. The first-order chi connectivity index (χ1) is 54.3. The van der Waals surface area contributed by atoms with Gasteiger partial charge >= 0.3 is 17.9 Å². The number of esters is 2. The van der Waals surface area contributed by atoms with E-state index in [1.807, 2.05) is 48.5 Å². The second-order valence-corrected chi connectivity index (χ2v) is 36.8. The van der Waals surface area contributed by atoms with Gasteiger partial charge in [0.25, 0.3) is 0 Å². The summed E-state index contributed by atoms with van der Waals surface area (Å²) in [6, 6.07) is 15.1. The number of carbonyl (C=O) groups is 6. The van der Waals surface area contributed by atoms with Crippen LogP contribution in [0.25, 0.3) is 0 Å². The van der Waals surface area contributed by atoms with Crippen molar-refractivity contribution in [3.63, 3.8) is 0 Å². The van der Waals surface area contributed by atoms with Gasteiger partial charge in [-0.25, -0.2) is 0 Å². The van der Waals surface area contributed by atoms with Crippen LogP contribution in [0, 0.1) is 121 Å². The summed E-state index contributed by atoms with van der Waals surface area (Å²) in [6.07, 6.45) is 31.5. The minimum absolute atomic E-state index is 0.0458. The molecule has 15 unspecified atom stereocenters. The van der Waals surface area contributed by atoms with E-state index in [0.29, 0.717) is 62.2 Å². The van der Waals surface area contributed by atoms with Gasteiger partial charge in [0, 0.05) is 70.1 Å². The molecule has 21 atom stereocenters. The Morgan fingerprint density at radius 3 is 1.05 bits per heavy atom. The molecule has 17 heteroatoms. The second-order valence-electron chi connectivity index (χ2n) is 36.8. The predicted molar refractivity (Wildman–Crippen MR) is 442 cm³/mol. The SMILES string of the molecule is CCCCOCCCCC1C(C)C(O)CC1[C@@]1(C=O)CC2C=C(C(C)C)[C@@]1(C(=O)OCc1ccc(OC)cc1)C2.CCCCOCCCCC1C(C)C(OC)CC1[C@@]1(C=O)CC2C=C(C(C)C)[C@@]1(C(=O)O)C2.CCCCOCCCCC1C(C)C(OC)CC1[C@@]1(C=O)CC2C=C(C(C)C)[C@@]1(C(=O)OCc1ccc(OC)cc1)C2. The number of aliphatic hydroxyl groups is 1. The number of aliphatic carboxylic acids is 1. The molecule has 6 bridgehead atoms. The summed E-state index contributed by atoms with van der Waals surface area (Å²) >= 11 is 0. The molecule has 9 aliphatic carbocycles. The molecule has 632 valence electrons. The molecular formula is C96H146O17. The number of hydrogen-bond acceptors (Lipinski definition) is 16. The third-order valence-corrected chi connectivity index (χ3v) is 29.8. The van der Waals surface area contributed by atoms with Gasteiger partial charge in [-0.2, -0.15) is 0 Å². The normalized spacial score (nSPS) is 34.3. The number of fused-ring (bicyclic) bond motifs is 6. The Bertz CT molecular complexity index is 3490. The summed E-state index contributed by atoms with van der Waals surface area (Å²) in [5.74, 6) is 2.75. The zero-order valence-electron chi connectivity index (χ0n) is 72.1. The number of aliphatic hydroxyl groups excluding tert-OH is 1. The van der Waals surface area contributed by atoms with Crippen molar-refractivity contribution in [1.82, 2.24) is 0 Å². The number of carboxylic acids is 1. The number of carboxylic acid groups (broad SMARTS) is 1. The second kappa shape index (κ2) is 41.2. The van der Waals surface area contributed by atoms with E-state index < -0.39 is 44.6 Å². The highest BCUT2D eigenvalue weighted by Crippen LogP contribution is 2.74. The topological polar surface area (TPSA) is 226 Å². The first-order valence-corrected chi connectivity index (χ1v) is 44.2. The molecule has 11 rings (SSSR count). The van der Waals surface area contributed by atoms with Crippen LogP contribution in [-0.2, 0) is 75.1 Å². The third-order valence-electron chi connectivity index (χ3n) is 29.8. The lowest BCUT2D eigenvalue weighted by molar-refractivity contribution is -0.167. The van der Waals surface area contributed by atoms with Gasteiger partial charge in [-0.15, -0.1) is 0 Å². The van der Waals surface area contributed by atoms with E-state index in [1.54, 1.807) is 28.4 Å². The van der Waals surface area contributed by atoms with Crippen molar-refractivity contribution in [2.24, 2.45) is 121 Å². The van der Waals surface area contributed by atoms with Crippen LogP contribution in [0.15, 0.2) is 83.5 Å². The van der Waals surface area contributed by atoms with E-state index >= 15 is 0 Å². The number of rotatable bonds is 44. The van der Waals surface area contributed by atoms with Crippen LogP contribution in [-0.4, -0.2) is 133 Å². The maximum Gasteiger partial charge on any atom is 0.317 e. The molecular weight excluding hydrogens is 1430 g/mol. The monoisotopic (exact) mass is 1570 g/mol. The quantitative estimate of drug-likeness (QED) is 0.0272. The number of allylic oxidation sites excluding steroid dienone is 3. The Kier molecular flexibility index (Phi) is 33.3. The molecule has 2 aromatic rings. The molecule has 0 spiro atoms. The lowest BCUT2D eigenvalue weighted by Crippen LogP contribution is -2.53. The number of methoxy groups -OCH3 is 4. The highest BCUT2D eigenvalue weighted by atomic mass is 16.5. The van der Waals surface area contributed by atoms with E-state index in [0.717, 1.165) is 207 Å². The van der Waals surface area contributed by atoms with E-state index in [4.69, 9.17) is 42.6 Å². The Labute approximate surface area is 679 Å². The van der Waals surface area contributed by atoms with Gasteiger partial charge < -0.3 is 67.2 Å². The standard InChI is InChI=1S/C35H52O6.C34H50O6.C27H44O5/c1-7-8-16-40-17-10-9-11-29-25(4)32(39-6)19-31(29)34(23-36)20-27-18-30(24(2)3)35(34,21-27)33(37)41-22-26-12-14-28(38-5)15-13-26;1-6-7-15-39-16-9-8-10-28-24(4)31(36)18-30(28)33(22-35)19-26-17-29(23(2)3)34(33,20-26)32(37)40-21-25-11-13-27(38-5)14-12-25;1-6-7-11-32-12-9-8-10-21-19(4)24(31-5)14-23(21)26(17-28)15-20-13-22(18(2)3)27(26,16-20)25(29)30/h12-15,18,23-25,27,29,31-32H,7-11,16-17,19-22H2,1-6H3;11-14,17,22-24,26,28,30-31,36H,6-10,15-16,18-21H2,1-5H3;13,17-21,23-24H,6-12,14-16H2,1-5H3,(H,29,30)/t25?,27?,29?,31?,32?,34-,35+;24?,26?,28?,30?,31?,33-,34+;19?,20?,21?,23?,24?,26-,27+/m000/s1. The molecule has 9 aliphatic rings. The highest BCUT2D eigenvalue weighted by molar-refractivity contribution is 5.91. The Balaban J connectivity index is 0.000000196. The molecule has 0 heterocycles. The number of carbonyl (C=O) groups excluding carboxylic acids is 5. The van der Waals surface area contributed by atoms with Crippen molar-refractivity contribution in [3.8, 4) is 11.5 Å². The van der Waals surface area contributed by atoms with Crippen molar-refractivity contribution in [2.75, 3.05) is 68.1 Å². The predicted octanol–water partition coefficient (Wildman–Crippen LogP) is 19.2. The third kappa shape index (κ3) is 18.4. The van der Waals surface area contributed by atoms with E-state index in [1.165, 1.54) is 6.29 Å². The molecule has 6 saturated carbocycles. The van der Waals surface area contributed by atoms with Crippen molar-refractivity contribution >= 4 is 36.8 Å². The van der Waals surface area contributed by atoms with Gasteiger partial charge in [-0.05, 0) is 240 Å². The van der Waals surface area contributed by atoms with E-state index in [-0.39, 0.29) is 102 Å². The van der Waals surface area contributed by atoms with E-state index in [2.05, 4.69) is 101 Å². The van der Waals surface area contributed by atoms with Crippen LogP contribution < -0.4 is 9.47 Å². The fourth-order valence-corrected chi connectivity index (χ4v) is 24.3. The van der Waals surface area contributed by atoms with Gasteiger partial charge in [0.2, 0.25) is 0 Å². The van der Waals surface area contributed by atoms with Crippen molar-refractivity contribution in [1.29, 1.82) is 0 Å². The summed E-state index contributed by atoms with van der Waals surface area (Å²) < 4.78 is 51.9. The molecule has 2 aromatic carbocycles. The fraction of sp³-hybridized carbons (Fsp3) is 0.750. The van der Waals surface area contributed by atoms with Crippen LogP contribution in [0.3, 0.4) is 0 Å². The lowest BCUT2D eigenvalue weighted by atomic mass is 9.52. The van der Waals surface area contributed by atoms with Crippen LogP contribution in [0.1, 0.15) is 248 Å².